The summed E-state index contributed by atoms with van der Waals surface area (Å²) >= 11 is 32.0. The molecule has 1 aromatic carbocycles. The minimum Gasteiger partial charge on any atom is -0.267 e. The number of nitrogens with one attached hydrogen (secondary N) is 1. The molecule has 0 spiro atoms. The lowest BCUT2D eigenvalue weighted by atomic mass is 10.3. The van der Waals surface area contributed by atoms with E-state index in [9.17, 15) is 0 Å². The summed E-state index contributed by atoms with van der Waals surface area (Å²) in [5.41, 5.74) is 0. The van der Waals surface area contributed by atoms with Gasteiger partial charge in [0, 0.05) is 6.54 Å². The van der Waals surface area contributed by atoms with E-state index in [0.29, 0.717) is 10.0 Å². The van der Waals surface area contributed by atoms with E-state index < -0.39 is 0 Å². The number of rotatable bonds is 3. The molecule has 0 radical (unpaired) electrons. The van der Waals surface area contributed by atoms with Crippen molar-refractivity contribution >= 4 is 70.8 Å². The molecule has 0 aliphatic heterocycles. The van der Waals surface area contributed by atoms with Crippen LogP contribution in [0.15, 0.2) is 6.07 Å². The van der Waals surface area contributed by atoms with E-state index in [4.69, 9.17) is 58.0 Å². The molecular weight excluding hydrogens is 343 g/mol. The van der Waals surface area contributed by atoms with E-state index >= 15 is 0 Å². The first-order valence-electron chi connectivity index (χ1n) is 4.81. The van der Waals surface area contributed by atoms with Crippen LogP contribution in [0.4, 0.5) is 0 Å². The lowest BCUT2D eigenvalue weighted by Gasteiger charge is -2.02. The van der Waals surface area contributed by atoms with Gasteiger partial charge in [-0.15, -0.1) is 0 Å². The summed E-state index contributed by atoms with van der Waals surface area (Å²) in [5, 5.41) is 1.23. The van der Waals surface area contributed by atoms with Gasteiger partial charge in [0.15, 0.2) is 0 Å². The van der Waals surface area contributed by atoms with Crippen LogP contribution in [0.1, 0.15) is 19.8 Å². The highest BCUT2D eigenvalue weighted by Gasteiger charge is 2.10. The molecule has 7 heteroatoms. The Bertz CT molecular complexity index is 329. The maximum atomic E-state index is 5.66. The zero-order chi connectivity index (χ0) is 13.4. The Hall–Kier alpha value is 0.980. The summed E-state index contributed by atoms with van der Waals surface area (Å²) in [6.07, 6.45) is 2.47. The van der Waals surface area contributed by atoms with Crippen LogP contribution >= 0.6 is 70.8 Å². The molecule has 98 valence electrons. The van der Waals surface area contributed by atoms with E-state index in [0.717, 1.165) is 6.54 Å². The quantitative estimate of drug-likeness (QED) is 0.286. The molecule has 1 nitrogen and oxygen atoms in total. The molecule has 0 amide bonds. The summed E-state index contributed by atoms with van der Waals surface area (Å²) in [5.74, 6) is 0. The molecule has 1 aromatic rings. The maximum absolute atomic E-state index is 5.66. The van der Waals surface area contributed by atoms with Crippen LogP contribution in [0.5, 0.6) is 0 Å². The molecule has 0 heterocycles. The van der Waals surface area contributed by atoms with Crippen molar-refractivity contribution in [2.75, 3.05) is 6.54 Å². The standard InChI is InChI=1S/C6HCl5.C4H11NS/c7-2-1-3(8)5(10)6(11)4(2)9;1-2-3-4-5-6/h1H;5-6H,2-4H2,1H3. The molecule has 1 rings (SSSR count). The van der Waals surface area contributed by atoms with Gasteiger partial charge < -0.3 is 0 Å². The fourth-order valence-electron chi connectivity index (χ4n) is 0.800. The Morgan fingerprint density at radius 3 is 1.76 bits per heavy atom. The van der Waals surface area contributed by atoms with Crippen molar-refractivity contribution < 1.29 is 0 Å². The Balaban J connectivity index is 0.000000366. The van der Waals surface area contributed by atoms with E-state index in [1.165, 1.54) is 18.9 Å². The summed E-state index contributed by atoms with van der Waals surface area (Å²) in [4.78, 5) is 0. The minimum absolute atomic E-state index is 0.186. The van der Waals surface area contributed by atoms with Gasteiger partial charge in [0.2, 0.25) is 0 Å². The smallest absolute Gasteiger partial charge is 0.0808 e. The van der Waals surface area contributed by atoms with Crippen molar-refractivity contribution in [1.29, 1.82) is 0 Å². The predicted octanol–water partition coefficient (Wildman–Crippen LogP) is 6.17. The highest BCUT2D eigenvalue weighted by atomic mass is 35.5. The molecule has 0 aliphatic carbocycles. The SMILES string of the molecule is CCCCNS.Clc1cc(Cl)c(Cl)c(Cl)c1Cl. The topological polar surface area (TPSA) is 12.0 Å². The zero-order valence-electron chi connectivity index (χ0n) is 9.04. The van der Waals surface area contributed by atoms with Gasteiger partial charge in [0.05, 0.1) is 25.1 Å². The van der Waals surface area contributed by atoms with E-state index in [1.54, 1.807) is 0 Å². The zero-order valence-corrected chi connectivity index (χ0v) is 13.7. The van der Waals surface area contributed by atoms with E-state index in [1.807, 2.05) is 0 Å². The average molecular weight is 356 g/mol. The monoisotopic (exact) mass is 353 g/mol. The average Bonchev–Trinajstić information content (AvgIpc) is 2.32. The normalized spacial score (nSPS) is 9.82. The molecule has 17 heavy (non-hydrogen) atoms. The van der Waals surface area contributed by atoms with Gasteiger partial charge in [-0.3, -0.25) is 4.72 Å². The molecule has 1 N–H and O–H groups in total. The van der Waals surface area contributed by atoms with Crippen LogP contribution in [0, 0.1) is 0 Å². The first kappa shape index (κ1) is 18.0. The third kappa shape index (κ3) is 6.63. The molecular formula is C10H12Cl5NS. The molecule has 0 atom stereocenters. The van der Waals surface area contributed by atoms with Crippen molar-refractivity contribution in [3.05, 3.63) is 31.2 Å². The van der Waals surface area contributed by atoms with Crippen LogP contribution in [-0.4, -0.2) is 6.54 Å². The highest BCUT2D eigenvalue weighted by molar-refractivity contribution is 7.78. The molecule has 0 saturated heterocycles. The van der Waals surface area contributed by atoms with Crippen LogP contribution in [0.2, 0.25) is 25.1 Å². The van der Waals surface area contributed by atoms with Crippen LogP contribution in [0.3, 0.4) is 0 Å². The third-order valence-corrected chi connectivity index (χ3v) is 4.07. The van der Waals surface area contributed by atoms with Gasteiger partial charge in [0.25, 0.3) is 0 Å². The van der Waals surface area contributed by atoms with Gasteiger partial charge in [0.1, 0.15) is 0 Å². The number of hydrogen-bond acceptors (Lipinski definition) is 2. The van der Waals surface area contributed by atoms with Crippen molar-refractivity contribution in [2.24, 2.45) is 0 Å². The third-order valence-electron chi connectivity index (χ3n) is 1.70. The lowest BCUT2D eigenvalue weighted by Crippen LogP contribution is -1.98. The Morgan fingerprint density at radius 1 is 1.00 bits per heavy atom. The second-order valence-electron chi connectivity index (χ2n) is 3.04. The number of benzene rings is 1. The molecule has 0 aliphatic rings. The lowest BCUT2D eigenvalue weighted by molar-refractivity contribution is 0.779. The molecule has 0 saturated carbocycles. The molecule has 0 unspecified atom stereocenters. The summed E-state index contributed by atoms with van der Waals surface area (Å²) in [6, 6.07) is 1.44. The number of halogens is 5. The Morgan fingerprint density at radius 2 is 1.47 bits per heavy atom. The highest BCUT2D eigenvalue weighted by Crippen LogP contribution is 2.40. The summed E-state index contributed by atoms with van der Waals surface area (Å²) in [6.45, 7) is 3.19. The summed E-state index contributed by atoms with van der Waals surface area (Å²) < 4.78 is 2.76. The number of unbranched alkanes of at least 4 members (excludes halogenated alkanes) is 1. The second-order valence-corrected chi connectivity index (χ2v) is 5.31. The number of thiol groups is 1. The van der Waals surface area contributed by atoms with Crippen molar-refractivity contribution in [3.8, 4) is 0 Å². The predicted molar refractivity (Wildman–Crippen MR) is 83.4 cm³/mol. The second kappa shape index (κ2) is 9.85. The fraction of sp³-hybridized carbons (Fsp3) is 0.400. The van der Waals surface area contributed by atoms with Crippen molar-refractivity contribution in [1.82, 2.24) is 4.72 Å². The maximum Gasteiger partial charge on any atom is 0.0808 e. The van der Waals surface area contributed by atoms with E-state index in [2.05, 4.69) is 24.5 Å². The Kier molecular flexibility index (Phi) is 10.4. The van der Waals surface area contributed by atoms with Gasteiger partial charge in [-0.25, -0.2) is 0 Å². The number of hydrogen-bond donors (Lipinski definition) is 2. The van der Waals surface area contributed by atoms with Gasteiger partial charge >= 0.3 is 0 Å². The van der Waals surface area contributed by atoms with Crippen LogP contribution in [-0.2, 0) is 0 Å². The van der Waals surface area contributed by atoms with Gasteiger partial charge in [-0.05, 0) is 12.5 Å². The van der Waals surface area contributed by atoms with Gasteiger partial charge in [-0.2, -0.15) is 0 Å². The Labute approximate surface area is 132 Å². The molecule has 0 fully saturated rings. The van der Waals surface area contributed by atoms with Crippen LogP contribution in [0.25, 0.3) is 0 Å². The molecule has 0 bridgehead atoms. The van der Waals surface area contributed by atoms with Crippen molar-refractivity contribution in [2.45, 2.75) is 19.8 Å². The van der Waals surface area contributed by atoms with Gasteiger partial charge in [-0.1, -0.05) is 84.2 Å². The largest absolute Gasteiger partial charge is 0.267 e. The first-order valence-corrected chi connectivity index (χ1v) is 7.14. The first-order chi connectivity index (χ1) is 7.95. The van der Waals surface area contributed by atoms with E-state index in [-0.39, 0.29) is 15.1 Å². The van der Waals surface area contributed by atoms with Crippen LogP contribution < -0.4 is 4.72 Å². The fourth-order valence-corrected chi connectivity index (χ4v) is 2.07. The summed E-state index contributed by atoms with van der Waals surface area (Å²) in [7, 11) is 0. The van der Waals surface area contributed by atoms with Crippen molar-refractivity contribution in [3.63, 3.8) is 0 Å². The minimum atomic E-state index is 0.186. The molecule has 0 aromatic heterocycles.